The van der Waals surface area contributed by atoms with Gasteiger partial charge in [0.2, 0.25) is 5.91 Å². The minimum atomic E-state index is 0.148. The van der Waals surface area contributed by atoms with Crippen LogP contribution >= 0.6 is 0 Å². The lowest BCUT2D eigenvalue weighted by Gasteiger charge is -2.23. The van der Waals surface area contributed by atoms with E-state index in [1.165, 1.54) is 0 Å². The average molecular weight is 284 g/mol. The summed E-state index contributed by atoms with van der Waals surface area (Å²) in [4.78, 5) is 18.2. The van der Waals surface area contributed by atoms with Crippen LogP contribution in [0.1, 0.15) is 38.3 Å². The van der Waals surface area contributed by atoms with Crippen molar-refractivity contribution in [2.75, 3.05) is 6.54 Å². The number of carbonyl (C=O) groups is 1. The maximum atomic E-state index is 11.7. The Morgan fingerprint density at radius 3 is 3.00 bits per heavy atom. The number of hydrogen-bond donors (Lipinski definition) is 0. The summed E-state index contributed by atoms with van der Waals surface area (Å²) in [7, 11) is 0. The molecule has 0 unspecified atom stereocenters. The summed E-state index contributed by atoms with van der Waals surface area (Å²) in [5.74, 6) is 0.148. The van der Waals surface area contributed by atoms with Gasteiger partial charge in [-0.3, -0.25) is 14.5 Å². The normalized spacial score (nSPS) is 18.2. The number of aryl methyl sites for hydroxylation is 1. The van der Waals surface area contributed by atoms with Crippen LogP contribution in [0.4, 0.5) is 0 Å². The molecule has 0 N–H and O–H groups in total. The highest BCUT2D eigenvalue weighted by molar-refractivity contribution is 5.74. The van der Waals surface area contributed by atoms with Gasteiger partial charge in [-0.1, -0.05) is 0 Å². The Hall–Kier alpha value is -2.17. The molecule has 0 radical (unpaired) electrons. The number of carbonyl (C=O) groups excluding carboxylic acids is 1. The van der Waals surface area contributed by atoms with Crippen molar-refractivity contribution < 1.29 is 4.79 Å². The molecule has 3 rings (SSSR count). The monoisotopic (exact) mass is 284 g/mol. The van der Waals surface area contributed by atoms with E-state index >= 15 is 0 Å². The maximum Gasteiger partial charge on any atom is 0.219 e. The molecule has 1 fully saturated rings. The van der Waals surface area contributed by atoms with Gasteiger partial charge in [0.05, 0.1) is 17.4 Å². The molecule has 0 bridgehead atoms. The number of rotatable bonds is 3. The molecule has 1 saturated heterocycles. The van der Waals surface area contributed by atoms with Gasteiger partial charge in [-0.05, 0) is 43.5 Å². The van der Waals surface area contributed by atoms with E-state index in [1.54, 1.807) is 13.1 Å². The molecule has 110 valence electrons. The van der Waals surface area contributed by atoms with Gasteiger partial charge in [0.25, 0.3) is 0 Å². The molecular formula is C16H20N4O. The molecule has 0 saturated carbocycles. The lowest BCUT2D eigenvalue weighted by atomic mass is 10.0. The van der Waals surface area contributed by atoms with Crippen LogP contribution in [0, 0.1) is 0 Å². The highest BCUT2D eigenvalue weighted by atomic mass is 16.2. The second-order valence-electron chi connectivity index (χ2n) is 5.38. The molecule has 2 aromatic heterocycles. The fourth-order valence-corrected chi connectivity index (χ4v) is 3.09. The van der Waals surface area contributed by atoms with Crippen LogP contribution in [0.5, 0.6) is 0 Å². The minimum Gasteiger partial charge on any atom is -0.336 e. The fourth-order valence-electron chi connectivity index (χ4n) is 3.09. The molecule has 1 aliphatic heterocycles. The Morgan fingerprint density at radius 1 is 1.38 bits per heavy atom. The summed E-state index contributed by atoms with van der Waals surface area (Å²) in [5.41, 5.74) is 3.10. The van der Waals surface area contributed by atoms with Crippen LogP contribution in [0.2, 0.25) is 0 Å². The summed E-state index contributed by atoms with van der Waals surface area (Å²) in [5, 5.41) is 4.29. The van der Waals surface area contributed by atoms with E-state index in [1.807, 2.05) is 27.9 Å². The summed E-state index contributed by atoms with van der Waals surface area (Å²) in [6.45, 7) is 5.38. The Balaban J connectivity index is 1.95. The highest BCUT2D eigenvalue weighted by Crippen LogP contribution is 2.33. The van der Waals surface area contributed by atoms with Gasteiger partial charge in [0.1, 0.15) is 0 Å². The third-order valence-corrected chi connectivity index (χ3v) is 4.10. The first-order valence-corrected chi connectivity index (χ1v) is 7.46. The van der Waals surface area contributed by atoms with Crippen LogP contribution in [0.15, 0.2) is 30.6 Å². The third-order valence-electron chi connectivity index (χ3n) is 4.10. The van der Waals surface area contributed by atoms with Crippen molar-refractivity contribution in [3.8, 4) is 11.4 Å². The molecule has 2 aromatic rings. The van der Waals surface area contributed by atoms with Gasteiger partial charge in [0.15, 0.2) is 0 Å². The first-order chi connectivity index (χ1) is 10.2. The second-order valence-corrected chi connectivity index (χ2v) is 5.38. The van der Waals surface area contributed by atoms with Gasteiger partial charge in [0, 0.05) is 32.4 Å². The Bertz CT molecular complexity index is 649. The van der Waals surface area contributed by atoms with E-state index in [2.05, 4.69) is 23.1 Å². The molecule has 1 atom stereocenters. The predicted molar refractivity (Wildman–Crippen MR) is 80.5 cm³/mol. The van der Waals surface area contributed by atoms with Crippen molar-refractivity contribution in [2.24, 2.45) is 0 Å². The average Bonchev–Trinajstić information content (AvgIpc) is 3.16. The topological polar surface area (TPSA) is 51.0 Å². The molecule has 21 heavy (non-hydrogen) atoms. The standard InChI is InChI=1S/C16H20N4O/c1-3-20-16(7-9-18-20)14-11-13(6-8-17-14)15-5-4-10-19(15)12(2)21/h6-9,11,15H,3-5,10H2,1-2H3/t15-/m1/s1. The number of aromatic nitrogens is 3. The first-order valence-electron chi connectivity index (χ1n) is 7.46. The maximum absolute atomic E-state index is 11.7. The highest BCUT2D eigenvalue weighted by Gasteiger charge is 2.28. The van der Waals surface area contributed by atoms with Crippen molar-refractivity contribution in [1.82, 2.24) is 19.7 Å². The van der Waals surface area contributed by atoms with Crippen LogP contribution in [-0.2, 0) is 11.3 Å². The van der Waals surface area contributed by atoms with E-state index in [4.69, 9.17) is 0 Å². The molecule has 5 nitrogen and oxygen atoms in total. The molecule has 0 aromatic carbocycles. The zero-order chi connectivity index (χ0) is 14.8. The van der Waals surface area contributed by atoms with E-state index in [-0.39, 0.29) is 11.9 Å². The second kappa shape index (κ2) is 5.68. The fraction of sp³-hybridized carbons (Fsp3) is 0.438. The van der Waals surface area contributed by atoms with Crippen molar-refractivity contribution in [3.63, 3.8) is 0 Å². The molecule has 3 heterocycles. The zero-order valence-electron chi connectivity index (χ0n) is 12.5. The van der Waals surface area contributed by atoms with Gasteiger partial charge in [-0.25, -0.2) is 0 Å². The van der Waals surface area contributed by atoms with Gasteiger partial charge in [-0.15, -0.1) is 0 Å². The lowest BCUT2D eigenvalue weighted by molar-refractivity contribution is -0.129. The summed E-state index contributed by atoms with van der Waals surface area (Å²) in [6.07, 6.45) is 5.71. The van der Waals surface area contributed by atoms with E-state index in [9.17, 15) is 4.79 Å². The molecule has 0 spiro atoms. The Labute approximate surface area is 124 Å². The van der Waals surface area contributed by atoms with E-state index < -0.39 is 0 Å². The van der Waals surface area contributed by atoms with Gasteiger partial charge >= 0.3 is 0 Å². The summed E-state index contributed by atoms with van der Waals surface area (Å²) in [6, 6.07) is 6.27. The molecule has 1 aliphatic rings. The molecule has 5 heteroatoms. The number of hydrogen-bond acceptors (Lipinski definition) is 3. The van der Waals surface area contributed by atoms with Crippen LogP contribution in [0.3, 0.4) is 0 Å². The van der Waals surface area contributed by atoms with Crippen molar-refractivity contribution in [2.45, 2.75) is 39.3 Å². The van der Waals surface area contributed by atoms with Crippen LogP contribution < -0.4 is 0 Å². The number of nitrogens with zero attached hydrogens (tertiary/aromatic N) is 4. The third kappa shape index (κ3) is 2.55. The molecule has 0 aliphatic carbocycles. The molecular weight excluding hydrogens is 264 g/mol. The predicted octanol–water partition coefficient (Wildman–Crippen LogP) is 2.65. The minimum absolute atomic E-state index is 0.148. The van der Waals surface area contributed by atoms with Gasteiger partial charge < -0.3 is 4.90 Å². The lowest BCUT2D eigenvalue weighted by Crippen LogP contribution is -2.28. The summed E-state index contributed by atoms with van der Waals surface area (Å²) >= 11 is 0. The van der Waals surface area contributed by atoms with E-state index in [0.29, 0.717) is 0 Å². The van der Waals surface area contributed by atoms with Gasteiger partial charge in [-0.2, -0.15) is 5.10 Å². The van der Waals surface area contributed by atoms with Crippen molar-refractivity contribution >= 4 is 5.91 Å². The SMILES string of the molecule is CCn1nccc1-c1cc([C@H]2CCCN2C(C)=O)ccn1. The van der Waals surface area contributed by atoms with Crippen LogP contribution in [0.25, 0.3) is 11.4 Å². The number of pyridine rings is 1. The largest absolute Gasteiger partial charge is 0.336 e. The quantitative estimate of drug-likeness (QED) is 0.870. The Kier molecular flexibility index (Phi) is 3.73. The summed E-state index contributed by atoms with van der Waals surface area (Å²) < 4.78 is 1.93. The number of amides is 1. The first kappa shape index (κ1) is 13.8. The molecule has 1 amide bonds. The Morgan fingerprint density at radius 2 is 2.24 bits per heavy atom. The number of likely N-dealkylation sites (tertiary alicyclic amines) is 1. The zero-order valence-corrected chi connectivity index (χ0v) is 12.5. The van der Waals surface area contributed by atoms with Crippen LogP contribution in [-0.4, -0.2) is 32.1 Å². The smallest absolute Gasteiger partial charge is 0.219 e. The van der Waals surface area contributed by atoms with E-state index in [0.717, 1.165) is 42.9 Å². The van der Waals surface area contributed by atoms with Crippen molar-refractivity contribution in [1.29, 1.82) is 0 Å². The van der Waals surface area contributed by atoms with Crippen molar-refractivity contribution in [3.05, 3.63) is 36.2 Å².